The van der Waals surface area contributed by atoms with E-state index in [1.807, 2.05) is 42.5 Å². The molecule has 2 heterocycles. The lowest BCUT2D eigenvalue weighted by Crippen LogP contribution is -2.30. The average Bonchev–Trinajstić information content (AvgIpc) is 3.16. The Bertz CT molecular complexity index is 1030. The van der Waals surface area contributed by atoms with Gasteiger partial charge in [0.25, 0.3) is 0 Å². The third-order valence-electron chi connectivity index (χ3n) is 4.94. The molecule has 1 aromatic heterocycles. The number of rotatable bonds is 7. The van der Waals surface area contributed by atoms with Crippen molar-refractivity contribution in [2.75, 3.05) is 20.8 Å². The van der Waals surface area contributed by atoms with Gasteiger partial charge < -0.3 is 19.5 Å². The highest BCUT2D eigenvalue weighted by Gasteiger charge is 2.22. The molecule has 1 aliphatic heterocycles. The minimum Gasteiger partial charge on any atom is -0.497 e. The number of carbonyl (C=O) groups excluding carboxylic acids is 1. The smallest absolute Gasteiger partial charge is 0.241 e. The van der Waals surface area contributed by atoms with Crippen molar-refractivity contribution in [1.82, 2.24) is 15.1 Å². The first kappa shape index (κ1) is 18.9. The number of nitrogens with one attached hydrogen (secondary N) is 1. The van der Waals surface area contributed by atoms with Gasteiger partial charge in [-0.25, -0.2) is 0 Å². The average molecular weight is 393 g/mol. The van der Waals surface area contributed by atoms with Gasteiger partial charge >= 0.3 is 0 Å². The third kappa shape index (κ3) is 3.89. The molecule has 150 valence electrons. The van der Waals surface area contributed by atoms with Gasteiger partial charge in [-0.2, -0.15) is 5.10 Å². The van der Waals surface area contributed by atoms with Crippen molar-refractivity contribution >= 4 is 5.91 Å². The molecule has 0 fully saturated rings. The summed E-state index contributed by atoms with van der Waals surface area (Å²) in [5.41, 5.74) is 3.86. The molecule has 0 atom stereocenters. The van der Waals surface area contributed by atoms with Gasteiger partial charge in [-0.05, 0) is 42.3 Å². The number of amides is 1. The number of ether oxygens (including phenoxy) is 3. The summed E-state index contributed by atoms with van der Waals surface area (Å²) >= 11 is 0. The normalized spacial score (nSPS) is 11.8. The van der Waals surface area contributed by atoms with E-state index < -0.39 is 0 Å². The summed E-state index contributed by atoms with van der Waals surface area (Å²) in [5.74, 6) is 2.25. The second kappa shape index (κ2) is 8.26. The van der Waals surface area contributed by atoms with E-state index in [1.54, 1.807) is 25.1 Å². The van der Waals surface area contributed by atoms with Crippen LogP contribution in [0.5, 0.6) is 17.2 Å². The van der Waals surface area contributed by atoms with Crippen LogP contribution in [0.4, 0.5) is 0 Å². The van der Waals surface area contributed by atoms with E-state index in [0.29, 0.717) is 19.6 Å². The molecule has 2 aromatic carbocycles. The Kier molecular flexibility index (Phi) is 5.37. The third-order valence-corrected chi connectivity index (χ3v) is 4.94. The lowest BCUT2D eigenvalue weighted by atomic mass is 10.0. The fraction of sp³-hybridized carbons (Fsp3) is 0.273. The molecule has 0 saturated carbocycles. The topological polar surface area (TPSA) is 74.6 Å². The van der Waals surface area contributed by atoms with Crippen LogP contribution in [0.2, 0.25) is 0 Å². The summed E-state index contributed by atoms with van der Waals surface area (Å²) in [6.45, 7) is 1.11. The Hall–Kier alpha value is -3.48. The Morgan fingerprint density at radius 2 is 2.07 bits per heavy atom. The van der Waals surface area contributed by atoms with E-state index in [-0.39, 0.29) is 12.5 Å². The fourth-order valence-electron chi connectivity index (χ4n) is 3.51. The zero-order valence-electron chi connectivity index (χ0n) is 16.5. The molecule has 1 amide bonds. The molecule has 0 unspecified atom stereocenters. The van der Waals surface area contributed by atoms with Crippen LogP contribution >= 0.6 is 0 Å². The molecule has 0 aliphatic carbocycles. The van der Waals surface area contributed by atoms with Gasteiger partial charge in [-0.3, -0.25) is 9.48 Å². The summed E-state index contributed by atoms with van der Waals surface area (Å²) in [5, 5.41) is 7.35. The number of carbonyl (C=O) groups is 1. The van der Waals surface area contributed by atoms with Crippen molar-refractivity contribution in [3.63, 3.8) is 0 Å². The number of methoxy groups -OCH3 is 2. The molecule has 0 spiro atoms. The SMILES string of the molecule is COc1ccc(OC)c(CCNC(=O)Cn2ncc3c2-c2ccccc2OC3)c1. The molecule has 1 N–H and O–H groups in total. The van der Waals surface area contributed by atoms with Crippen LogP contribution in [0, 0.1) is 0 Å². The number of benzene rings is 2. The first-order valence-corrected chi connectivity index (χ1v) is 9.44. The van der Waals surface area contributed by atoms with Crippen LogP contribution in [0.25, 0.3) is 11.3 Å². The minimum atomic E-state index is -0.0956. The molecule has 0 saturated heterocycles. The number of para-hydroxylation sites is 1. The molecule has 29 heavy (non-hydrogen) atoms. The lowest BCUT2D eigenvalue weighted by Gasteiger charge is -2.19. The highest BCUT2D eigenvalue weighted by Crippen LogP contribution is 2.36. The van der Waals surface area contributed by atoms with E-state index in [1.165, 1.54) is 0 Å². The zero-order valence-corrected chi connectivity index (χ0v) is 16.5. The van der Waals surface area contributed by atoms with Crippen LogP contribution in [-0.4, -0.2) is 36.5 Å². The highest BCUT2D eigenvalue weighted by atomic mass is 16.5. The van der Waals surface area contributed by atoms with Gasteiger partial charge in [0, 0.05) is 17.7 Å². The molecule has 3 aromatic rings. The Morgan fingerprint density at radius 3 is 2.90 bits per heavy atom. The second-order valence-corrected chi connectivity index (χ2v) is 6.74. The molecular formula is C22H23N3O4. The standard InChI is InChI=1S/C22H23N3O4/c1-27-17-7-8-19(28-2)15(11-17)9-10-23-21(26)13-25-22-16(12-24-25)14-29-20-6-4-3-5-18(20)22/h3-8,11-12H,9-10,13-14H2,1-2H3,(H,23,26). The summed E-state index contributed by atoms with van der Waals surface area (Å²) in [6.07, 6.45) is 2.40. The van der Waals surface area contributed by atoms with Crippen LogP contribution in [0.15, 0.2) is 48.7 Å². The number of hydrogen-bond donors (Lipinski definition) is 1. The molecule has 7 heteroatoms. The number of hydrogen-bond acceptors (Lipinski definition) is 5. The number of nitrogens with zero attached hydrogens (tertiary/aromatic N) is 2. The van der Waals surface area contributed by atoms with Crippen LogP contribution in [0.3, 0.4) is 0 Å². The van der Waals surface area contributed by atoms with E-state index in [9.17, 15) is 4.79 Å². The number of fused-ring (bicyclic) bond motifs is 3. The predicted octanol–water partition coefficient (Wildman–Crippen LogP) is 2.82. The Labute approximate surface area is 169 Å². The van der Waals surface area contributed by atoms with Crippen molar-refractivity contribution in [3.8, 4) is 28.5 Å². The summed E-state index contributed by atoms with van der Waals surface area (Å²) < 4.78 is 18.1. The Morgan fingerprint density at radius 1 is 1.21 bits per heavy atom. The molecular weight excluding hydrogens is 370 g/mol. The first-order valence-electron chi connectivity index (χ1n) is 9.44. The van der Waals surface area contributed by atoms with Crippen molar-refractivity contribution in [1.29, 1.82) is 0 Å². The fourth-order valence-corrected chi connectivity index (χ4v) is 3.51. The maximum atomic E-state index is 12.5. The van der Waals surface area contributed by atoms with Crippen LogP contribution in [-0.2, 0) is 24.4 Å². The van der Waals surface area contributed by atoms with Gasteiger partial charge in [-0.1, -0.05) is 12.1 Å². The second-order valence-electron chi connectivity index (χ2n) is 6.74. The minimum absolute atomic E-state index is 0.0956. The van der Waals surface area contributed by atoms with Crippen LogP contribution < -0.4 is 19.5 Å². The highest BCUT2D eigenvalue weighted by molar-refractivity contribution is 5.78. The molecule has 7 nitrogen and oxygen atoms in total. The quantitative estimate of drug-likeness (QED) is 0.668. The molecule has 0 radical (unpaired) electrons. The monoisotopic (exact) mass is 393 g/mol. The van der Waals surface area contributed by atoms with Crippen LogP contribution in [0.1, 0.15) is 11.1 Å². The van der Waals surface area contributed by atoms with Crippen molar-refractivity contribution in [2.45, 2.75) is 19.6 Å². The maximum Gasteiger partial charge on any atom is 0.241 e. The van der Waals surface area contributed by atoms with Gasteiger partial charge in [0.2, 0.25) is 5.91 Å². The largest absolute Gasteiger partial charge is 0.497 e. The van der Waals surface area contributed by atoms with Crippen molar-refractivity contribution in [3.05, 3.63) is 59.8 Å². The summed E-state index contributed by atoms with van der Waals surface area (Å²) in [6, 6.07) is 13.4. The van der Waals surface area contributed by atoms with E-state index >= 15 is 0 Å². The van der Waals surface area contributed by atoms with Crippen molar-refractivity contribution < 1.29 is 19.0 Å². The molecule has 4 rings (SSSR count). The predicted molar refractivity (Wildman–Crippen MR) is 108 cm³/mol. The van der Waals surface area contributed by atoms with Gasteiger partial charge in [0.1, 0.15) is 30.4 Å². The zero-order chi connectivity index (χ0) is 20.2. The van der Waals surface area contributed by atoms with Gasteiger partial charge in [-0.15, -0.1) is 0 Å². The van der Waals surface area contributed by atoms with E-state index in [2.05, 4.69) is 10.4 Å². The molecule has 0 bridgehead atoms. The maximum absolute atomic E-state index is 12.5. The Balaban J connectivity index is 1.41. The first-order chi connectivity index (χ1) is 14.2. The summed E-state index contributed by atoms with van der Waals surface area (Å²) in [4.78, 5) is 12.5. The van der Waals surface area contributed by atoms with E-state index in [0.717, 1.165) is 39.6 Å². The van der Waals surface area contributed by atoms with Gasteiger partial charge in [0.15, 0.2) is 0 Å². The lowest BCUT2D eigenvalue weighted by molar-refractivity contribution is -0.121. The van der Waals surface area contributed by atoms with E-state index in [4.69, 9.17) is 14.2 Å². The number of aromatic nitrogens is 2. The molecule has 1 aliphatic rings. The summed E-state index contributed by atoms with van der Waals surface area (Å²) in [7, 11) is 3.26. The van der Waals surface area contributed by atoms with Gasteiger partial charge in [0.05, 0.1) is 26.1 Å². The van der Waals surface area contributed by atoms with Crippen molar-refractivity contribution in [2.24, 2.45) is 0 Å².